The molecule has 1 aromatic heterocycles. The number of aromatic nitrogens is 2. The molecule has 0 radical (unpaired) electrons. The van der Waals surface area contributed by atoms with E-state index in [-0.39, 0.29) is 6.61 Å². The Hall–Kier alpha value is -0.680. The fourth-order valence-corrected chi connectivity index (χ4v) is 2.57. The highest BCUT2D eigenvalue weighted by atomic mass is 32.2. The Bertz CT molecular complexity index is 349. The lowest BCUT2D eigenvalue weighted by atomic mass is 10.1. The van der Waals surface area contributed by atoms with Crippen molar-refractivity contribution in [3.63, 3.8) is 0 Å². The maximum Gasteiger partial charge on any atom is 0.117 e. The molecule has 0 aliphatic rings. The van der Waals surface area contributed by atoms with Crippen molar-refractivity contribution in [3.05, 3.63) is 5.69 Å². The molecule has 16 heavy (non-hydrogen) atoms. The smallest absolute Gasteiger partial charge is 0.117 e. The van der Waals surface area contributed by atoms with Gasteiger partial charge in [0.15, 0.2) is 0 Å². The lowest BCUT2D eigenvalue weighted by Gasteiger charge is -2.10. The van der Waals surface area contributed by atoms with E-state index in [1.165, 1.54) is 0 Å². The van der Waals surface area contributed by atoms with Gasteiger partial charge in [0, 0.05) is 18.9 Å². The molecule has 92 valence electrons. The average Bonchev–Trinajstić information content (AvgIpc) is 2.46. The van der Waals surface area contributed by atoms with Crippen molar-refractivity contribution in [1.82, 2.24) is 9.78 Å². The highest BCUT2D eigenvalue weighted by molar-refractivity contribution is 8.00. The van der Waals surface area contributed by atoms with E-state index >= 15 is 0 Å². The Balaban J connectivity index is 2.88. The van der Waals surface area contributed by atoms with E-state index in [9.17, 15) is 0 Å². The molecule has 0 saturated carbocycles. The molecular formula is C11H21N3OS. The van der Waals surface area contributed by atoms with Crippen LogP contribution in [-0.4, -0.2) is 26.7 Å². The Labute approximate surface area is 101 Å². The molecule has 1 rings (SSSR count). The molecule has 0 spiro atoms. The van der Waals surface area contributed by atoms with Crippen LogP contribution in [0.4, 0.5) is 5.69 Å². The fourth-order valence-electron chi connectivity index (χ4n) is 1.54. The SMILES string of the molecule is CC(CCO)Sc1c(N)c(C(C)C)nn1C. The van der Waals surface area contributed by atoms with Crippen LogP contribution in [0.15, 0.2) is 5.03 Å². The Morgan fingerprint density at radius 3 is 2.50 bits per heavy atom. The fraction of sp³-hybridized carbons (Fsp3) is 0.727. The second-order valence-corrected chi connectivity index (χ2v) is 5.75. The van der Waals surface area contributed by atoms with Gasteiger partial charge in [-0.15, -0.1) is 11.8 Å². The van der Waals surface area contributed by atoms with E-state index in [0.717, 1.165) is 22.8 Å². The second-order valence-electron chi connectivity index (χ2n) is 4.32. The summed E-state index contributed by atoms with van der Waals surface area (Å²) in [6, 6.07) is 0. The van der Waals surface area contributed by atoms with E-state index in [2.05, 4.69) is 25.9 Å². The van der Waals surface area contributed by atoms with Crippen molar-refractivity contribution in [2.24, 2.45) is 7.05 Å². The van der Waals surface area contributed by atoms with Gasteiger partial charge in [0.05, 0.1) is 11.4 Å². The number of rotatable bonds is 5. The van der Waals surface area contributed by atoms with Crippen LogP contribution in [0.1, 0.15) is 38.8 Å². The first kappa shape index (κ1) is 13.4. The molecule has 0 aliphatic carbocycles. The van der Waals surface area contributed by atoms with Crippen LogP contribution < -0.4 is 5.73 Å². The lowest BCUT2D eigenvalue weighted by molar-refractivity contribution is 0.289. The summed E-state index contributed by atoms with van der Waals surface area (Å²) in [5.74, 6) is 0.341. The number of hydrogen-bond acceptors (Lipinski definition) is 4. The van der Waals surface area contributed by atoms with Gasteiger partial charge >= 0.3 is 0 Å². The molecular weight excluding hydrogens is 222 g/mol. The number of nitrogen functional groups attached to an aromatic ring is 1. The van der Waals surface area contributed by atoms with Crippen molar-refractivity contribution in [2.75, 3.05) is 12.3 Å². The van der Waals surface area contributed by atoms with Crippen LogP contribution >= 0.6 is 11.8 Å². The van der Waals surface area contributed by atoms with Crippen molar-refractivity contribution in [2.45, 2.75) is 43.4 Å². The summed E-state index contributed by atoms with van der Waals surface area (Å²) in [5.41, 5.74) is 7.83. The predicted octanol–water partition coefficient (Wildman–Crippen LogP) is 1.99. The van der Waals surface area contributed by atoms with Crippen LogP contribution in [0, 0.1) is 0 Å². The van der Waals surface area contributed by atoms with Gasteiger partial charge in [0.2, 0.25) is 0 Å². The number of anilines is 1. The molecule has 1 heterocycles. The monoisotopic (exact) mass is 243 g/mol. The summed E-state index contributed by atoms with van der Waals surface area (Å²) in [6.07, 6.45) is 0.770. The summed E-state index contributed by atoms with van der Waals surface area (Å²) in [6.45, 7) is 6.47. The maximum atomic E-state index is 8.88. The number of thioether (sulfide) groups is 1. The lowest BCUT2D eigenvalue weighted by Crippen LogP contribution is -2.03. The summed E-state index contributed by atoms with van der Waals surface area (Å²) >= 11 is 1.68. The van der Waals surface area contributed by atoms with Gasteiger partial charge in [0.1, 0.15) is 5.03 Å². The van der Waals surface area contributed by atoms with Crippen molar-refractivity contribution < 1.29 is 5.11 Å². The van der Waals surface area contributed by atoms with E-state index in [1.54, 1.807) is 11.8 Å². The third kappa shape index (κ3) is 2.92. The van der Waals surface area contributed by atoms with E-state index in [4.69, 9.17) is 10.8 Å². The first-order valence-corrected chi connectivity index (χ1v) is 6.45. The minimum atomic E-state index is 0.211. The number of nitrogens with two attached hydrogens (primary N) is 1. The standard InChI is InChI=1S/C11H21N3OS/c1-7(2)10-9(12)11(14(4)13-10)16-8(3)5-6-15/h7-8,15H,5-6,12H2,1-4H3. The van der Waals surface area contributed by atoms with E-state index in [1.807, 2.05) is 11.7 Å². The number of hydrogen-bond donors (Lipinski definition) is 2. The highest BCUT2D eigenvalue weighted by Gasteiger charge is 2.18. The minimum absolute atomic E-state index is 0.211. The quantitative estimate of drug-likeness (QED) is 0.776. The Morgan fingerprint density at radius 2 is 2.06 bits per heavy atom. The maximum absolute atomic E-state index is 8.88. The van der Waals surface area contributed by atoms with Crippen molar-refractivity contribution in [1.29, 1.82) is 0 Å². The van der Waals surface area contributed by atoms with Gasteiger partial charge in [-0.1, -0.05) is 20.8 Å². The first-order valence-electron chi connectivity index (χ1n) is 5.57. The Morgan fingerprint density at radius 1 is 1.44 bits per heavy atom. The van der Waals surface area contributed by atoms with Gasteiger partial charge in [0.25, 0.3) is 0 Å². The predicted molar refractivity (Wildman–Crippen MR) is 68.7 cm³/mol. The highest BCUT2D eigenvalue weighted by Crippen LogP contribution is 2.34. The molecule has 0 fully saturated rings. The van der Waals surface area contributed by atoms with Gasteiger partial charge in [-0.2, -0.15) is 5.10 Å². The number of aryl methyl sites for hydroxylation is 1. The zero-order chi connectivity index (χ0) is 12.3. The molecule has 0 bridgehead atoms. The molecule has 0 aliphatic heterocycles. The molecule has 0 aromatic carbocycles. The molecule has 0 saturated heterocycles. The Kier molecular flexibility index (Phi) is 4.68. The van der Waals surface area contributed by atoms with Crippen molar-refractivity contribution in [3.8, 4) is 0 Å². The van der Waals surface area contributed by atoms with Crippen LogP contribution in [0.25, 0.3) is 0 Å². The van der Waals surface area contributed by atoms with E-state index in [0.29, 0.717) is 11.2 Å². The molecule has 0 amide bonds. The summed E-state index contributed by atoms with van der Waals surface area (Å²) < 4.78 is 1.84. The molecule has 3 N–H and O–H groups in total. The zero-order valence-electron chi connectivity index (χ0n) is 10.4. The molecule has 4 nitrogen and oxygen atoms in total. The largest absolute Gasteiger partial charge is 0.396 e. The van der Waals surface area contributed by atoms with Crippen LogP contribution in [0.2, 0.25) is 0 Å². The molecule has 1 unspecified atom stereocenters. The minimum Gasteiger partial charge on any atom is -0.396 e. The van der Waals surface area contributed by atoms with Gasteiger partial charge in [-0.05, 0) is 12.3 Å². The van der Waals surface area contributed by atoms with Crippen LogP contribution in [-0.2, 0) is 7.05 Å². The average molecular weight is 243 g/mol. The number of aliphatic hydroxyl groups is 1. The van der Waals surface area contributed by atoms with Gasteiger partial charge in [-0.25, -0.2) is 0 Å². The van der Waals surface area contributed by atoms with E-state index < -0.39 is 0 Å². The first-order chi connectivity index (χ1) is 7.47. The normalized spacial score (nSPS) is 13.4. The van der Waals surface area contributed by atoms with Gasteiger partial charge in [-0.3, -0.25) is 4.68 Å². The third-order valence-electron chi connectivity index (χ3n) is 2.45. The summed E-state index contributed by atoms with van der Waals surface area (Å²) in [5, 5.41) is 14.7. The summed E-state index contributed by atoms with van der Waals surface area (Å²) in [7, 11) is 1.91. The number of aliphatic hydroxyl groups excluding tert-OH is 1. The molecule has 1 aromatic rings. The number of nitrogens with zero attached hydrogens (tertiary/aromatic N) is 2. The third-order valence-corrected chi connectivity index (χ3v) is 3.80. The van der Waals surface area contributed by atoms with Gasteiger partial charge < -0.3 is 10.8 Å². The van der Waals surface area contributed by atoms with Crippen LogP contribution in [0.5, 0.6) is 0 Å². The zero-order valence-corrected chi connectivity index (χ0v) is 11.2. The van der Waals surface area contributed by atoms with Crippen LogP contribution in [0.3, 0.4) is 0 Å². The molecule has 1 atom stereocenters. The topological polar surface area (TPSA) is 64.1 Å². The van der Waals surface area contributed by atoms with Crippen molar-refractivity contribution >= 4 is 17.4 Å². The molecule has 5 heteroatoms. The summed E-state index contributed by atoms with van der Waals surface area (Å²) in [4.78, 5) is 0. The second kappa shape index (κ2) is 5.59.